The van der Waals surface area contributed by atoms with Crippen LogP contribution < -0.4 is 15.4 Å². The Labute approximate surface area is 167 Å². The third-order valence-corrected chi connectivity index (χ3v) is 4.49. The molecule has 2 N–H and O–H groups in total. The van der Waals surface area contributed by atoms with E-state index in [1.165, 1.54) is 5.56 Å². The summed E-state index contributed by atoms with van der Waals surface area (Å²) >= 11 is 0. The maximum absolute atomic E-state index is 5.19. The first-order valence-corrected chi connectivity index (χ1v) is 9.43. The Bertz CT molecular complexity index is 913. The summed E-state index contributed by atoms with van der Waals surface area (Å²) in [4.78, 5) is 9.07. The van der Waals surface area contributed by atoms with Crippen molar-refractivity contribution in [2.24, 2.45) is 0 Å². The Morgan fingerprint density at radius 2 is 1.61 bits per heavy atom. The van der Waals surface area contributed by atoms with Crippen molar-refractivity contribution in [1.82, 2.24) is 9.97 Å². The van der Waals surface area contributed by atoms with Gasteiger partial charge in [-0.15, -0.1) is 0 Å². The van der Waals surface area contributed by atoms with E-state index in [1.807, 2.05) is 37.3 Å². The average molecular weight is 377 g/mol. The van der Waals surface area contributed by atoms with Gasteiger partial charge in [0.25, 0.3) is 0 Å². The molecule has 1 heterocycles. The number of hydrogen-bond donors (Lipinski definition) is 2. The molecule has 3 aromatic rings. The molecule has 0 aliphatic carbocycles. The van der Waals surface area contributed by atoms with Crippen molar-refractivity contribution in [3.63, 3.8) is 0 Å². The zero-order valence-corrected chi connectivity index (χ0v) is 17.2. The Morgan fingerprint density at radius 3 is 2.21 bits per heavy atom. The van der Waals surface area contributed by atoms with E-state index in [1.54, 1.807) is 7.11 Å². The quantitative estimate of drug-likeness (QED) is 0.599. The number of aromatic nitrogens is 2. The highest BCUT2D eigenvalue weighted by atomic mass is 16.5. The summed E-state index contributed by atoms with van der Waals surface area (Å²) in [7, 11) is 1.67. The van der Waals surface area contributed by atoms with E-state index in [-0.39, 0.29) is 5.41 Å². The van der Waals surface area contributed by atoms with Crippen LogP contribution in [0.25, 0.3) is 0 Å². The third kappa shape index (κ3) is 5.22. The molecule has 0 atom stereocenters. The molecule has 0 saturated heterocycles. The topological polar surface area (TPSA) is 59.1 Å². The first kappa shape index (κ1) is 19.7. The molecule has 28 heavy (non-hydrogen) atoms. The van der Waals surface area contributed by atoms with Gasteiger partial charge in [0, 0.05) is 24.0 Å². The van der Waals surface area contributed by atoms with Crippen LogP contribution in [0.15, 0.2) is 54.6 Å². The zero-order chi connectivity index (χ0) is 20.1. The van der Waals surface area contributed by atoms with Crippen LogP contribution >= 0.6 is 0 Å². The van der Waals surface area contributed by atoms with Crippen LogP contribution in [0.3, 0.4) is 0 Å². The van der Waals surface area contributed by atoms with E-state index in [9.17, 15) is 0 Å². The second-order valence-corrected chi connectivity index (χ2v) is 7.87. The summed E-state index contributed by atoms with van der Waals surface area (Å²) < 4.78 is 5.19. The molecule has 0 fully saturated rings. The molecular weight excluding hydrogens is 348 g/mol. The second-order valence-electron chi connectivity index (χ2n) is 7.87. The molecule has 0 radical (unpaired) electrons. The van der Waals surface area contributed by atoms with Gasteiger partial charge in [-0.1, -0.05) is 45.0 Å². The predicted molar refractivity (Wildman–Crippen MR) is 116 cm³/mol. The Morgan fingerprint density at radius 1 is 0.929 bits per heavy atom. The van der Waals surface area contributed by atoms with Gasteiger partial charge in [-0.25, -0.2) is 4.98 Å². The first-order valence-electron chi connectivity index (χ1n) is 9.43. The smallest absolute Gasteiger partial charge is 0.225 e. The van der Waals surface area contributed by atoms with Crippen LogP contribution in [0.1, 0.15) is 37.6 Å². The number of benzene rings is 2. The summed E-state index contributed by atoms with van der Waals surface area (Å²) in [5, 5.41) is 6.66. The molecule has 0 aliphatic rings. The Balaban J connectivity index is 1.68. The minimum atomic E-state index is 0.141. The maximum Gasteiger partial charge on any atom is 0.225 e. The van der Waals surface area contributed by atoms with Gasteiger partial charge in [-0.3, -0.25) is 0 Å². The first-order chi connectivity index (χ1) is 13.3. The van der Waals surface area contributed by atoms with Crippen molar-refractivity contribution in [3.8, 4) is 5.75 Å². The van der Waals surface area contributed by atoms with Crippen molar-refractivity contribution < 1.29 is 4.74 Å². The minimum Gasteiger partial charge on any atom is -0.497 e. The predicted octanol–water partition coefficient (Wildman–Crippen LogP) is 5.45. The molecule has 5 nitrogen and oxygen atoms in total. The van der Waals surface area contributed by atoms with Gasteiger partial charge >= 0.3 is 0 Å². The summed E-state index contributed by atoms with van der Waals surface area (Å²) in [5.41, 5.74) is 4.49. The molecule has 2 aromatic carbocycles. The summed E-state index contributed by atoms with van der Waals surface area (Å²) in [6, 6.07) is 18.4. The molecule has 3 rings (SSSR count). The average Bonchev–Trinajstić information content (AvgIpc) is 2.66. The lowest BCUT2D eigenvalue weighted by Gasteiger charge is -2.19. The number of ether oxygens (including phenoxy) is 1. The molecule has 0 aliphatic heterocycles. The number of anilines is 3. The van der Waals surface area contributed by atoms with Crippen molar-refractivity contribution in [3.05, 3.63) is 71.4 Å². The largest absolute Gasteiger partial charge is 0.497 e. The molecule has 0 spiro atoms. The summed E-state index contributed by atoms with van der Waals surface area (Å²) in [6.45, 7) is 9.25. The Kier molecular flexibility index (Phi) is 5.83. The van der Waals surface area contributed by atoms with Crippen molar-refractivity contribution in [2.45, 2.75) is 39.7 Å². The third-order valence-electron chi connectivity index (χ3n) is 4.49. The fourth-order valence-electron chi connectivity index (χ4n) is 2.84. The highest BCUT2D eigenvalue weighted by Gasteiger charge is 2.13. The normalized spacial score (nSPS) is 11.2. The highest BCUT2D eigenvalue weighted by Crippen LogP contribution is 2.25. The molecule has 0 saturated carbocycles. The zero-order valence-electron chi connectivity index (χ0n) is 17.2. The van der Waals surface area contributed by atoms with Crippen LogP contribution in [0, 0.1) is 6.92 Å². The lowest BCUT2D eigenvalue weighted by Crippen LogP contribution is -2.10. The number of rotatable bonds is 6. The van der Waals surface area contributed by atoms with Crippen molar-refractivity contribution in [1.29, 1.82) is 0 Å². The summed E-state index contributed by atoms with van der Waals surface area (Å²) in [6.07, 6.45) is 0. The standard InChI is InChI=1S/C23H28N4O/c1-16-14-21(26-19-10-8-18(9-11-19)23(2,3)4)27-22(25-16)24-15-17-6-12-20(28-5)13-7-17/h6-14H,15H2,1-5H3,(H2,24,25,26,27). The van der Waals surface area contributed by atoms with Crippen molar-refractivity contribution in [2.75, 3.05) is 17.7 Å². The summed E-state index contributed by atoms with van der Waals surface area (Å²) in [5.74, 6) is 2.22. The maximum atomic E-state index is 5.19. The van der Waals surface area contributed by atoms with E-state index in [2.05, 4.69) is 65.6 Å². The fraction of sp³-hybridized carbons (Fsp3) is 0.304. The number of methoxy groups -OCH3 is 1. The van der Waals surface area contributed by atoms with Crippen LogP contribution in [-0.4, -0.2) is 17.1 Å². The van der Waals surface area contributed by atoms with Crippen LogP contribution in [-0.2, 0) is 12.0 Å². The molecule has 5 heteroatoms. The lowest BCUT2D eigenvalue weighted by atomic mass is 9.87. The van der Waals surface area contributed by atoms with Gasteiger partial charge in [-0.2, -0.15) is 4.98 Å². The van der Waals surface area contributed by atoms with E-state index < -0.39 is 0 Å². The highest BCUT2D eigenvalue weighted by molar-refractivity contribution is 5.58. The SMILES string of the molecule is COc1ccc(CNc2nc(C)cc(Nc3ccc(C(C)(C)C)cc3)n2)cc1. The van der Waals surface area contributed by atoms with E-state index in [4.69, 9.17) is 4.74 Å². The molecule has 0 bridgehead atoms. The van der Waals surface area contributed by atoms with Gasteiger partial charge in [0.1, 0.15) is 11.6 Å². The van der Waals surface area contributed by atoms with Gasteiger partial charge < -0.3 is 15.4 Å². The van der Waals surface area contributed by atoms with Gasteiger partial charge in [0.05, 0.1) is 7.11 Å². The number of nitrogens with zero attached hydrogens (tertiary/aromatic N) is 2. The van der Waals surface area contributed by atoms with Crippen LogP contribution in [0.5, 0.6) is 5.75 Å². The minimum absolute atomic E-state index is 0.141. The van der Waals surface area contributed by atoms with E-state index in [0.717, 1.165) is 28.5 Å². The number of hydrogen-bond acceptors (Lipinski definition) is 5. The Hall–Kier alpha value is -3.08. The lowest BCUT2D eigenvalue weighted by molar-refractivity contribution is 0.414. The van der Waals surface area contributed by atoms with Crippen molar-refractivity contribution >= 4 is 17.5 Å². The van der Waals surface area contributed by atoms with Crippen LogP contribution in [0.4, 0.5) is 17.5 Å². The van der Waals surface area contributed by atoms with Gasteiger partial charge in [0.2, 0.25) is 5.95 Å². The van der Waals surface area contributed by atoms with Gasteiger partial charge in [-0.05, 0) is 47.7 Å². The van der Waals surface area contributed by atoms with Crippen LogP contribution in [0.2, 0.25) is 0 Å². The molecular formula is C23H28N4O. The van der Waals surface area contributed by atoms with E-state index in [0.29, 0.717) is 12.5 Å². The van der Waals surface area contributed by atoms with E-state index >= 15 is 0 Å². The fourth-order valence-corrected chi connectivity index (χ4v) is 2.84. The molecule has 1 aromatic heterocycles. The molecule has 0 amide bonds. The monoisotopic (exact) mass is 376 g/mol. The molecule has 0 unspecified atom stereocenters. The number of aryl methyl sites for hydroxylation is 1. The molecule has 146 valence electrons. The second kappa shape index (κ2) is 8.30. The number of nitrogens with one attached hydrogen (secondary N) is 2. The van der Waals surface area contributed by atoms with Gasteiger partial charge in [0.15, 0.2) is 0 Å².